The van der Waals surface area contributed by atoms with E-state index in [1.165, 1.54) is 0 Å². The van der Waals surface area contributed by atoms with Gasteiger partial charge in [0.2, 0.25) is 10.0 Å². The number of rotatable bonds is 5. The Hall–Kier alpha value is -1.64. The minimum atomic E-state index is -3.75. The molecule has 0 saturated carbocycles. The van der Waals surface area contributed by atoms with Crippen LogP contribution in [0, 0.1) is 20.8 Å². The molecule has 0 atom stereocenters. The third-order valence-electron chi connectivity index (χ3n) is 3.14. The molecule has 2 aromatic heterocycles. The van der Waals surface area contributed by atoms with Crippen LogP contribution in [0.3, 0.4) is 0 Å². The van der Waals surface area contributed by atoms with Crippen molar-refractivity contribution in [3.8, 4) is 0 Å². The number of aliphatic hydroxyl groups is 1. The van der Waals surface area contributed by atoms with Crippen molar-refractivity contribution in [1.29, 1.82) is 0 Å². The van der Waals surface area contributed by atoms with E-state index in [0.717, 1.165) is 11.3 Å². The predicted octanol–water partition coefficient (Wildman–Crippen LogP) is 0.899. The molecule has 2 aromatic rings. The van der Waals surface area contributed by atoms with E-state index in [4.69, 9.17) is 4.42 Å². The van der Waals surface area contributed by atoms with Crippen molar-refractivity contribution in [2.24, 2.45) is 0 Å². The second-order valence-electron chi connectivity index (χ2n) is 4.53. The molecule has 0 unspecified atom stereocenters. The molecule has 110 valence electrons. The van der Waals surface area contributed by atoms with Crippen LogP contribution in [0.4, 0.5) is 0 Å². The number of aromatic amines is 1. The van der Waals surface area contributed by atoms with Crippen LogP contribution in [-0.2, 0) is 23.2 Å². The van der Waals surface area contributed by atoms with Crippen molar-refractivity contribution in [3.63, 3.8) is 0 Å². The maximum atomic E-state index is 12.3. The molecule has 0 aliphatic heterocycles. The molecule has 0 bridgehead atoms. The average Bonchev–Trinajstić information content (AvgIpc) is 2.90. The van der Waals surface area contributed by atoms with Crippen molar-refractivity contribution in [3.05, 3.63) is 34.5 Å². The highest BCUT2D eigenvalue weighted by atomic mass is 32.2. The number of hydrogen-bond acceptors (Lipinski definition) is 5. The van der Waals surface area contributed by atoms with Gasteiger partial charge in [0.05, 0.1) is 12.8 Å². The van der Waals surface area contributed by atoms with Gasteiger partial charge in [0, 0.05) is 23.4 Å². The number of sulfonamides is 1. The summed E-state index contributed by atoms with van der Waals surface area (Å²) in [4.78, 5) is 0.0126. The summed E-state index contributed by atoms with van der Waals surface area (Å²) in [5.41, 5.74) is 1.85. The molecule has 7 nitrogen and oxygen atoms in total. The molecule has 0 amide bonds. The molecule has 2 rings (SSSR count). The van der Waals surface area contributed by atoms with Gasteiger partial charge in [0.25, 0.3) is 0 Å². The van der Waals surface area contributed by atoms with Gasteiger partial charge in [-0.1, -0.05) is 0 Å². The Morgan fingerprint density at radius 1 is 1.35 bits per heavy atom. The summed E-state index contributed by atoms with van der Waals surface area (Å²) in [5.74, 6) is 0.674. The molecular formula is C12H17N3O4S. The lowest BCUT2D eigenvalue weighted by molar-refractivity contribution is 0.276. The van der Waals surface area contributed by atoms with Gasteiger partial charge >= 0.3 is 0 Å². The van der Waals surface area contributed by atoms with E-state index in [1.807, 2.05) is 6.92 Å². The molecule has 8 heteroatoms. The van der Waals surface area contributed by atoms with Gasteiger partial charge in [-0.2, -0.15) is 5.10 Å². The number of nitrogens with zero attached hydrogens (tertiary/aromatic N) is 1. The van der Waals surface area contributed by atoms with Crippen molar-refractivity contribution in [2.45, 2.75) is 38.8 Å². The van der Waals surface area contributed by atoms with E-state index in [9.17, 15) is 13.5 Å². The lowest BCUT2D eigenvalue weighted by Gasteiger charge is -2.07. The van der Waals surface area contributed by atoms with Gasteiger partial charge in [-0.15, -0.1) is 0 Å². The Balaban J connectivity index is 2.29. The number of nitrogens with one attached hydrogen (secondary N) is 2. The largest absolute Gasteiger partial charge is 0.465 e. The zero-order valence-electron chi connectivity index (χ0n) is 11.5. The van der Waals surface area contributed by atoms with E-state index in [1.54, 1.807) is 20.0 Å². The van der Waals surface area contributed by atoms with E-state index in [0.29, 0.717) is 11.3 Å². The topological polar surface area (TPSA) is 108 Å². The van der Waals surface area contributed by atoms with Gasteiger partial charge in [0.1, 0.15) is 16.4 Å². The molecule has 0 fully saturated rings. The molecular weight excluding hydrogens is 282 g/mol. The quantitative estimate of drug-likeness (QED) is 0.760. The summed E-state index contributed by atoms with van der Waals surface area (Å²) in [6, 6.07) is 0. The van der Waals surface area contributed by atoms with Crippen LogP contribution in [0.2, 0.25) is 0 Å². The third-order valence-corrected chi connectivity index (χ3v) is 4.73. The number of aliphatic hydroxyl groups excluding tert-OH is 1. The van der Waals surface area contributed by atoms with Gasteiger partial charge in [-0.25, -0.2) is 13.1 Å². The summed E-state index contributed by atoms with van der Waals surface area (Å²) in [6.07, 6.45) is 1.57. The third kappa shape index (κ3) is 2.62. The molecule has 20 heavy (non-hydrogen) atoms. The highest BCUT2D eigenvalue weighted by Crippen LogP contribution is 2.26. The zero-order valence-corrected chi connectivity index (χ0v) is 12.3. The van der Waals surface area contributed by atoms with Crippen molar-refractivity contribution in [2.75, 3.05) is 0 Å². The van der Waals surface area contributed by atoms with Crippen molar-refractivity contribution >= 4 is 10.0 Å². The molecule has 3 N–H and O–H groups in total. The second kappa shape index (κ2) is 5.39. The number of aryl methyl sites for hydroxylation is 3. The summed E-state index contributed by atoms with van der Waals surface area (Å²) in [6.45, 7) is 4.73. The lowest BCUT2D eigenvalue weighted by atomic mass is 10.2. The van der Waals surface area contributed by atoms with Crippen LogP contribution >= 0.6 is 0 Å². The number of H-pyrrole nitrogens is 1. The number of furan rings is 1. The minimum absolute atomic E-state index is 0.0126. The van der Waals surface area contributed by atoms with E-state index >= 15 is 0 Å². The second-order valence-corrected chi connectivity index (χ2v) is 6.23. The first kappa shape index (κ1) is 14.8. The first-order valence-electron chi connectivity index (χ1n) is 6.05. The highest BCUT2D eigenvalue weighted by Gasteiger charge is 2.26. The van der Waals surface area contributed by atoms with Crippen molar-refractivity contribution < 1.29 is 17.9 Å². The van der Waals surface area contributed by atoms with Gasteiger partial charge in [-0.3, -0.25) is 5.10 Å². The smallest absolute Gasteiger partial charge is 0.244 e. The molecule has 0 radical (unpaired) electrons. The Morgan fingerprint density at radius 2 is 2.05 bits per heavy atom. The number of aromatic nitrogens is 2. The van der Waals surface area contributed by atoms with Gasteiger partial charge < -0.3 is 9.52 Å². The molecule has 0 spiro atoms. The Kier molecular flexibility index (Phi) is 3.98. The average molecular weight is 299 g/mol. The summed E-state index contributed by atoms with van der Waals surface area (Å²) in [5, 5.41) is 15.9. The maximum Gasteiger partial charge on any atom is 0.244 e. The molecule has 0 aliphatic carbocycles. The lowest BCUT2D eigenvalue weighted by Crippen LogP contribution is -2.24. The number of hydrogen-bond donors (Lipinski definition) is 3. The van der Waals surface area contributed by atoms with E-state index in [2.05, 4.69) is 14.9 Å². The standard InChI is InChI=1S/C12H17N3O4S/c1-7-10(4-13-15-7)5-14-20(17,18)12-9(3)19-8(2)11(12)6-16/h4,14,16H,5-6H2,1-3H3,(H,13,15). The Bertz CT molecular complexity index is 715. The first-order valence-corrected chi connectivity index (χ1v) is 7.53. The van der Waals surface area contributed by atoms with Crippen LogP contribution in [0.15, 0.2) is 15.5 Å². The van der Waals surface area contributed by atoms with Crippen LogP contribution in [0.5, 0.6) is 0 Å². The van der Waals surface area contributed by atoms with E-state index in [-0.39, 0.29) is 23.8 Å². The van der Waals surface area contributed by atoms with Gasteiger partial charge in [-0.05, 0) is 20.8 Å². The molecule has 0 saturated heterocycles. The monoisotopic (exact) mass is 299 g/mol. The SMILES string of the molecule is Cc1[nH]ncc1CNS(=O)(=O)c1c(C)oc(C)c1CO. The summed E-state index contributed by atoms with van der Waals surface area (Å²) >= 11 is 0. The van der Waals surface area contributed by atoms with Crippen LogP contribution in [0.25, 0.3) is 0 Å². The predicted molar refractivity (Wildman–Crippen MR) is 71.5 cm³/mol. The van der Waals surface area contributed by atoms with Gasteiger partial charge in [0.15, 0.2) is 0 Å². The van der Waals surface area contributed by atoms with Crippen LogP contribution in [-0.4, -0.2) is 23.7 Å². The normalized spacial score (nSPS) is 12.0. The molecule has 2 heterocycles. The fourth-order valence-corrected chi connectivity index (χ4v) is 3.49. The van der Waals surface area contributed by atoms with Crippen LogP contribution < -0.4 is 4.72 Å². The van der Waals surface area contributed by atoms with E-state index < -0.39 is 10.0 Å². The highest BCUT2D eigenvalue weighted by molar-refractivity contribution is 7.89. The molecule has 0 aromatic carbocycles. The summed E-state index contributed by atoms with van der Waals surface area (Å²) < 4.78 is 32.5. The Labute approximate surface area is 117 Å². The fraction of sp³-hybridized carbons (Fsp3) is 0.417. The fourth-order valence-electron chi connectivity index (χ4n) is 2.04. The summed E-state index contributed by atoms with van der Waals surface area (Å²) in [7, 11) is -3.75. The molecule has 0 aliphatic rings. The van der Waals surface area contributed by atoms with Crippen LogP contribution in [0.1, 0.15) is 28.3 Å². The van der Waals surface area contributed by atoms with Crippen molar-refractivity contribution in [1.82, 2.24) is 14.9 Å². The Morgan fingerprint density at radius 3 is 2.60 bits per heavy atom. The minimum Gasteiger partial charge on any atom is -0.465 e. The maximum absolute atomic E-state index is 12.3. The first-order chi connectivity index (χ1) is 9.36. The zero-order chi connectivity index (χ0) is 14.9.